The van der Waals surface area contributed by atoms with Gasteiger partial charge in [0.2, 0.25) is 0 Å². The number of nitrogens with one attached hydrogen (secondary N) is 1. The van der Waals surface area contributed by atoms with E-state index in [4.69, 9.17) is 9.15 Å². The summed E-state index contributed by atoms with van der Waals surface area (Å²) in [7, 11) is 0. The highest BCUT2D eigenvalue weighted by Crippen LogP contribution is 2.34. The molecule has 1 amide bonds. The number of aromatic amines is 1. The maximum atomic E-state index is 13.5. The van der Waals surface area contributed by atoms with Crippen molar-refractivity contribution < 1.29 is 13.9 Å². The molecule has 10 heteroatoms. The highest BCUT2D eigenvalue weighted by Gasteiger charge is 2.37. The van der Waals surface area contributed by atoms with E-state index < -0.39 is 6.04 Å². The Hall–Kier alpha value is -3.79. The van der Waals surface area contributed by atoms with Crippen molar-refractivity contribution >= 4 is 22.7 Å². The quantitative estimate of drug-likeness (QED) is 0.524. The van der Waals surface area contributed by atoms with Gasteiger partial charge in [0.1, 0.15) is 6.04 Å². The number of fused-ring (bicyclic) bond motifs is 2. The lowest BCUT2D eigenvalue weighted by Crippen LogP contribution is -2.41. The van der Waals surface area contributed by atoms with Crippen LogP contribution in [0.2, 0.25) is 0 Å². The molecule has 10 nitrogen and oxygen atoms in total. The minimum atomic E-state index is -0.444. The second-order valence-electron chi connectivity index (χ2n) is 7.86. The van der Waals surface area contributed by atoms with E-state index in [0.29, 0.717) is 45.3 Å². The van der Waals surface area contributed by atoms with E-state index in [0.717, 1.165) is 27.9 Å². The van der Waals surface area contributed by atoms with Gasteiger partial charge in [-0.15, -0.1) is 5.10 Å². The van der Waals surface area contributed by atoms with Crippen LogP contribution < -0.4 is 4.90 Å². The van der Waals surface area contributed by atoms with Gasteiger partial charge in [0, 0.05) is 43.3 Å². The number of nitrogens with zero attached hydrogens (tertiary/aromatic N) is 6. The molecule has 32 heavy (non-hydrogen) atoms. The van der Waals surface area contributed by atoms with Crippen molar-refractivity contribution in [3.63, 3.8) is 0 Å². The molecular formula is C22H21N7O3. The number of carbonyl (C=O) groups is 1. The number of imidazole rings is 1. The molecule has 1 aromatic carbocycles. The summed E-state index contributed by atoms with van der Waals surface area (Å²) in [6, 6.07) is 9.93. The predicted octanol–water partition coefficient (Wildman–Crippen LogP) is 1.97. The van der Waals surface area contributed by atoms with Gasteiger partial charge in [-0.25, -0.2) is 4.98 Å². The molecule has 2 aliphatic heterocycles. The highest BCUT2D eigenvalue weighted by molar-refractivity contribution is 5.90. The zero-order valence-electron chi connectivity index (χ0n) is 17.3. The van der Waals surface area contributed by atoms with Gasteiger partial charge in [-0.05, 0) is 11.5 Å². The van der Waals surface area contributed by atoms with E-state index >= 15 is 0 Å². The summed E-state index contributed by atoms with van der Waals surface area (Å²) in [5.74, 6) is -0.359. The Morgan fingerprint density at radius 3 is 2.78 bits per heavy atom. The van der Waals surface area contributed by atoms with E-state index in [1.54, 1.807) is 11.2 Å². The molecule has 0 bridgehead atoms. The minimum absolute atomic E-state index is 0.0312. The highest BCUT2D eigenvalue weighted by atomic mass is 16.5. The zero-order chi connectivity index (χ0) is 21.5. The number of H-pyrrole nitrogens is 1. The first-order chi connectivity index (χ1) is 15.8. The maximum absolute atomic E-state index is 13.5. The van der Waals surface area contributed by atoms with Gasteiger partial charge < -0.3 is 23.9 Å². The Kier molecular flexibility index (Phi) is 4.57. The summed E-state index contributed by atoms with van der Waals surface area (Å²) in [4.78, 5) is 29.5. The van der Waals surface area contributed by atoms with Gasteiger partial charge in [0.05, 0.1) is 30.9 Å². The molecule has 3 aromatic heterocycles. The molecule has 0 radical (unpaired) electrons. The van der Waals surface area contributed by atoms with Crippen LogP contribution in [0.15, 0.2) is 47.3 Å². The maximum Gasteiger partial charge on any atom is 0.318 e. The van der Waals surface area contributed by atoms with Crippen molar-refractivity contribution in [1.29, 1.82) is 0 Å². The van der Waals surface area contributed by atoms with Gasteiger partial charge in [0.15, 0.2) is 0 Å². The van der Waals surface area contributed by atoms with Crippen LogP contribution in [-0.2, 0) is 11.2 Å². The van der Waals surface area contributed by atoms with Gasteiger partial charge in [-0.1, -0.05) is 29.4 Å². The van der Waals surface area contributed by atoms with E-state index in [2.05, 4.69) is 25.1 Å². The van der Waals surface area contributed by atoms with E-state index in [9.17, 15) is 4.79 Å². The van der Waals surface area contributed by atoms with Gasteiger partial charge in [-0.2, -0.15) is 0 Å². The van der Waals surface area contributed by atoms with Gasteiger partial charge in [-0.3, -0.25) is 9.78 Å². The molecule has 0 saturated carbocycles. The average molecular weight is 431 g/mol. The first kappa shape index (κ1) is 18.9. The van der Waals surface area contributed by atoms with Crippen LogP contribution >= 0.6 is 0 Å². The number of amides is 1. The number of carbonyl (C=O) groups excluding carboxylic acids is 1. The number of pyridine rings is 1. The Bertz CT molecular complexity index is 1280. The summed E-state index contributed by atoms with van der Waals surface area (Å²) in [5.41, 5.74) is 2.55. The van der Waals surface area contributed by atoms with Crippen molar-refractivity contribution in [1.82, 2.24) is 30.0 Å². The molecule has 1 N–H and O–H groups in total. The number of ether oxygens (including phenoxy) is 1. The zero-order valence-corrected chi connectivity index (χ0v) is 17.3. The molecule has 5 heterocycles. The van der Waals surface area contributed by atoms with E-state index in [-0.39, 0.29) is 11.8 Å². The van der Waals surface area contributed by atoms with Crippen molar-refractivity contribution in [2.75, 3.05) is 37.7 Å². The Morgan fingerprint density at radius 1 is 1.06 bits per heavy atom. The molecule has 4 aromatic rings. The lowest BCUT2D eigenvalue weighted by atomic mass is 9.98. The topological polar surface area (TPSA) is 113 Å². The number of rotatable bonds is 3. The molecule has 6 rings (SSSR count). The second kappa shape index (κ2) is 7.72. The summed E-state index contributed by atoms with van der Waals surface area (Å²) >= 11 is 0. The second-order valence-corrected chi connectivity index (χ2v) is 7.86. The average Bonchev–Trinajstić information content (AvgIpc) is 3.53. The van der Waals surface area contributed by atoms with E-state index in [1.165, 1.54) is 0 Å². The SMILES string of the molecule is O=C(c1nnc(N2CCOCC2)o1)N1CCc2[nH]cnc2[C@@H]1c1cc2ccccc2cn1. The van der Waals surface area contributed by atoms with E-state index in [1.807, 2.05) is 41.4 Å². The first-order valence-electron chi connectivity index (χ1n) is 10.6. The van der Waals surface area contributed by atoms with Crippen molar-refractivity contribution in [3.05, 3.63) is 65.8 Å². The molecule has 0 spiro atoms. The van der Waals surface area contributed by atoms with Crippen LogP contribution in [-0.4, -0.2) is 68.8 Å². The Balaban J connectivity index is 1.36. The van der Waals surface area contributed by atoms with Crippen LogP contribution in [0.25, 0.3) is 10.8 Å². The molecule has 2 aliphatic rings. The summed E-state index contributed by atoms with van der Waals surface area (Å²) in [6.07, 6.45) is 4.16. The fourth-order valence-corrected chi connectivity index (χ4v) is 4.35. The normalized spacial score (nSPS) is 18.7. The fourth-order valence-electron chi connectivity index (χ4n) is 4.35. The number of morpholine rings is 1. The van der Waals surface area contributed by atoms with Crippen LogP contribution in [0.1, 0.15) is 33.8 Å². The lowest BCUT2D eigenvalue weighted by molar-refractivity contribution is 0.0646. The largest absolute Gasteiger partial charge is 0.399 e. The molecule has 1 saturated heterocycles. The third-order valence-electron chi connectivity index (χ3n) is 6.00. The predicted molar refractivity (Wildman–Crippen MR) is 114 cm³/mol. The van der Waals surface area contributed by atoms with Gasteiger partial charge in [0.25, 0.3) is 0 Å². The Labute approximate surface area is 183 Å². The standard InChI is InChI=1S/C22H21N7O3/c30-21(20-26-27-22(32-20)28-7-9-31-10-8-28)29-6-5-16-18(25-13-24-16)19(29)17-11-14-3-1-2-4-15(14)12-23-17/h1-4,11-13,19H,5-10H2,(H,24,25)/t19-/m0/s1. The van der Waals surface area contributed by atoms with Crippen molar-refractivity contribution in [2.45, 2.75) is 12.5 Å². The number of aromatic nitrogens is 5. The van der Waals surface area contributed by atoms with Crippen LogP contribution in [0, 0.1) is 0 Å². The summed E-state index contributed by atoms with van der Waals surface area (Å²) in [5, 5.41) is 10.2. The van der Waals surface area contributed by atoms with Gasteiger partial charge >= 0.3 is 17.8 Å². The minimum Gasteiger partial charge on any atom is -0.399 e. The molecule has 0 unspecified atom stereocenters. The first-order valence-corrected chi connectivity index (χ1v) is 10.6. The third kappa shape index (κ3) is 3.19. The number of benzene rings is 1. The van der Waals surface area contributed by atoms with Crippen molar-refractivity contribution in [2.24, 2.45) is 0 Å². The fraction of sp³-hybridized carbons (Fsp3) is 0.318. The van der Waals surface area contributed by atoms with Crippen LogP contribution in [0.5, 0.6) is 0 Å². The monoisotopic (exact) mass is 431 g/mol. The lowest BCUT2D eigenvalue weighted by Gasteiger charge is -2.33. The summed E-state index contributed by atoms with van der Waals surface area (Å²) in [6.45, 7) is 2.98. The third-order valence-corrected chi connectivity index (χ3v) is 6.00. The number of anilines is 1. The molecule has 162 valence electrons. The molecular weight excluding hydrogens is 410 g/mol. The molecule has 0 aliphatic carbocycles. The van der Waals surface area contributed by atoms with Crippen LogP contribution in [0.4, 0.5) is 6.01 Å². The summed E-state index contributed by atoms with van der Waals surface area (Å²) < 4.78 is 11.1. The molecule has 1 atom stereocenters. The Morgan fingerprint density at radius 2 is 1.91 bits per heavy atom. The number of hydrogen-bond acceptors (Lipinski definition) is 8. The smallest absolute Gasteiger partial charge is 0.318 e. The molecule has 1 fully saturated rings. The van der Waals surface area contributed by atoms with Crippen LogP contribution in [0.3, 0.4) is 0 Å². The van der Waals surface area contributed by atoms with Crippen molar-refractivity contribution in [3.8, 4) is 0 Å². The number of hydrogen-bond donors (Lipinski definition) is 1.